The molecule has 0 spiro atoms. The van der Waals surface area contributed by atoms with Crippen LogP contribution in [0.4, 0.5) is 11.4 Å². The van der Waals surface area contributed by atoms with Gasteiger partial charge in [-0.1, -0.05) is 0 Å². The zero-order valence-electron chi connectivity index (χ0n) is 25.2. The molecule has 4 atom stereocenters. The summed E-state index contributed by atoms with van der Waals surface area (Å²) in [7, 11) is 6.58. The van der Waals surface area contributed by atoms with Crippen molar-refractivity contribution in [2.75, 3.05) is 45.0 Å². The summed E-state index contributed by atoms with van der Waals surface area (Å²) in [4.78, 5) is 55.3. The smallest absolute Gasteiger partial charge is 0.255 e. The van der Waals surface area contributed by atoms with Crippen molar-refractivity contribution in [2.45, 2.75) is 50.8 Å². The van der Waals surface area contributed by atoms with Crippen LogP contribution < -0.4 is 21.3 Å². The second kappa shape index (κ2) is 11.5. The van der Waals surface area contributed by atoms with E-state index in [4.69, 9.17) is 5.73 Å². The van der Waals surface area contributed by atoms with Gasteiger partial charge in [0.2, 0.25) is 11.7 Å². The summed E-state index contributed by atoms with van der Waals surface area (Å²) in [6.07, 6.45) is 0.117. The van der Waals surface area contributed by atoms with E-state index < -0.39 is 69.7 Å². The van der Waals surface area contributed by atoms with Gasteiger partial charge in [-0.15, -0.1) is 12.4 Å². The number of rotatable bonds is 6. The van der Waals surface area contributed by atoms with E-state index >= 15 is 0 Å². The molecule has 4 rings (SSSR count). The van der Waals surface area contributed by atoms with Gasteiger partial charge in [-0.25, -0.2) is 0 Å². The van der Waals surface area contributed by atoms with Crippen molar-refractivity contribution in [2.24, 2.45) is 17.6 Å². The van der Waals surface area contributed by atoms with Crippen molar-refractivity contribution in [1.82, 2.24) is 10.2 Å². The monoisotopic (exact) mass is 621 g/mol. The number of primary amides is 1. The highest BCUT2D eigenvalue weighted by molar-refractivity contribution is 6.24. The molecule has 0 aromatic heterocycles. The maximum Gasteiger partial charge on any atom is 0.255 e. The quantitative estimate of drug-likeness (QED) is 0.174. The molecule has 0 aliphatic heterocycles. The summed E-state index contributed by atoms with van der Waals surface area (Å²) in [5, 5.41) is 51.3. The number of carbonyl (C=O) groups excluding carboxylic acids is 4. The van der Waals surface area contributed by atoms with E-state index in [1.54, 1.807) is 39.2 Å². The fraction of sp³-hybridized carbons (Fsp3) is 0.517. The van der Waals surface area contributed by atoms with E-state index in [2.05, 4.69) is 10.6 Å². The van der Waals surface area contributed by atoms with Crippen LogP contribution in [0.1, 0.15) is 38.3 Å². The minimum atomic E-state index is -2.73. The molecule has 236 valence electrons. The highest BCUT2D eigenvalue weighted by Crippen LogP contribution is 2.54. The molecule has 1 aromatic rings. The summed E-state index contributed by atoms with van der Waals surface area (Å²) < 4.78 is 0. The Morgan fingerprint density at radius 2 is 1.72 bits per heavy atom. The van der Waals surface area contributed by atoms with Gasteiger partial charge in [0.15, 0.2) is 11.4 Å². The standard InChI is InChI=1S/C29H39N5O8.ClH/c1-28(2,3)31-11-17(35)32-15-10-16(33(4)5)13-8-12-9-14-21(34(6)7)24(38)20(27(30)41)26(40)29(14,42)25(39)18(12)23(37)19(13)22(15)36;/h10,12,14,21,31,36-37,40,42H,8-9,11H2,1-7H3,(H2,30,41)(H,32,35);1H/t12-,14+,21-,29-;/m0./s1. The lowest BCUT2D eigenvalue weighted by atomic mass is 9.57. The zero-order valence-corrected chi connectivity index (χ0v) is 26.0. The number of hydrogen-bond donors (Lipinski definition) is 7. The Kier molecular flexibility index (Phi) is 9.01. The predicted octanol–water partition coefficient (Wildman–Crippen LogP) is 0.778. The molecule has 1 fully saturated rings. The summed E-state index contributed by atoms with van der Waals surface area (Å²) in [5.41, 5.74) is 2.11. The van der Waals surface area contributed by atoms with Crippen molar-refractivity contribution in [3.63, 3.8) is 0 Å². The summed E-state index contributed by atoms with van der Waals surface area (Å²) in [6.45, 7) is 5.62. The van der Waals surface area contributed by atoms with Gasteiger partial charge in [0, 0.05) is 36.8 Å². The number of aliphatic hydroxyl groups is 3. The van der Waals surface area contributed by atoms with Crippen molar-refractivity contribution in [1.29, 1.82) is 0 Å². The van der Waals surface area contributed by atoms with Crippen molar-refractivity contribution in [3.05, 3.63) is 34.1 Å². The number of amides is 2. The van der Waals surface area contributed by atoms with Crippen LogP contribution in [0.25, 0.3) is 5.76 Å². The molecule has 14 heteroatoms. The molecule has 0 radical (unpaired) electrons. The molecule has 2 amide bonds. The molecule has 3 aliphatic rings. The Labute approximate surface area is 255 Å². The molecule has 0 heterocycles. The Morgan fingerprint density at radius 3 is 2.23 bits per heavy atom. The molecule has 43 heavy (non-hydrogen) atoms. The molecule has 0 unspecified atom stereocenters. The van der Waals surface area contributed by atoms with Crippen LogP contribution >= 0.6 is 12.4 Å². The molecule has 1 saturated carbocycles. The number of halogens is 1. The fourth-order valence-electron chi connectivity index (χ4n) is 6.33. The van der Waals surface area contributed by atoms with Gasteiger partial charge in [0.25, 0.3) is 5.91 Å². The number of aromatic hydroxyl groups is 1. The van der Waals surface area contributed by atoms with E-state index in [0.717, 1.165) is 0 Å². The first-order valence-electron chi connectivity index (χ1n) is 13.6. The number of nitrogens with one attached hydrogen (secondary N) is 2. The second-order valence-corrected chi connectivity index (χ2v) is 12.7. The number of benzene rings is 1. The third kappa shape index (κ3) is 5.46. The summed E-state index contributed by atoms with van der Waals surface area (Å²) in [5.74, 6) is -7.79. The SMILES string of the molecule is CN(C)c1cc(NC(=O)CNC(C)(C)C)c(O)c2c1C[C@H]1C[C@@H]3[C@H](N(C)C)C(=O)C(C(N)=O)=C(O)[C@@]3(O)C(=O)C1=C2O.Cl. The van der Waals surface area contributed by atoms with Crippen LogP contribution in [0.2, 0.25) is 0 Å². The number of aliphatic hydroxyl groups excluding tert-OH is 2. The highest BCUT2D eigenvalue weighted by Gasteiger charge is 2.64. The second-order valence-electron chi connectivity index (χ2n) is 12.7. The lowest BCUT2D eigenvalue weighted by Gasteiger charge is -2.50. The van der Waals surface area contributed by atoms with E-state index in [9.17, 15) is 39.6 Å². The predicted molar refractivity (Wildman–Crippen MR) is 162 cm³/mol. The number of Topliss-reactive ketones (excluding diaryl/α,β-unsaturated/α-hetero) is 2. The molecule has 0 bridgehead atoms. The molecule has 8 N–H and O–H groups in total. The Morgan fingerprint density at radius 1 is 1.12 bits per heavy atom. The Hall–Kier alpha value is -3.65. The molecule has 1 aromatic carbocycles. The van der Waals surface area contributed by atoms with Crippen molar-refractivity contribution < 1.29 is 39.6 Å². The normalized spacial score (nSPS) is 25.1. The lowest BCUT2D eigenvalue weighted by molar-refractivity contribution is -0.153. The number of nitrogens with two attached hydrogens (primary N) is 1. The third-order valence-electron chi connectivity index (χ3n) is 8.23. The first-order valence-corrected chi connectivity index (χ1v) is 13.6. The van der Waals surface area contributed by atoms with Gasteiger partial charge in [0.05, 0.1) is 23.8 Å². The number of carbonyl (C=O) groups is 4. The highest BCUT2D eigenvalue weighted by atomic mass is 35.5. The van der Waals surface area contributed by atoms with Gasteiger partial charge in [-0.05, 0) is 65.3 Å². The minimum absolute atomic E-state index is 0. The van der Waals surface area contributed by atoms with Gasteiger partial charge in [0.1, 0.15) is 22.8 Å². The maximum absolute atomic E-state index is 14.0. The largest absolute Gasteiger partial charge is 0.508 e. The van der Waals surface area contributed by atoms with Gasteiger partial charge in [-0.2, -0.15) is 0 Å². The van der Waals surface area contributed by atoms with Crippen LogP contribution in [0.15, 0.2) is 23.0 Å². The number of phenols is 1. The van der Waals surface area contributed by atoms with Crippen LogP contribution in [-0.2, 0) is 25.6 Å². The van der Waals surface area contributed by atoms with Crippen LogP contribution in [0, 0.1) is 11.8 Å². The summed E-state index contributed by atoms with van der Waals surface area (Å²) >= 11 is 0. The van der Waals surface area contributed by atoms with Crippen LogP contribution in [0.3, 0.4) is 0 Å². The first-order chi connectivity index (χ1) is 19.3. The zero-order chi connectivity index (χ0) is 31.6. The molecular weight excluding hydrogens is 582 g/mol. The number of likely N-dealkylation sites (N-methyl/N-ethyl adjacent to an activating group) is 1. The van der Waals surface area contributed by atoms with E-state index in [1.807, 2.05) is 20.8 Å². The molecule has 3 aliphatic carbocycles. The molecular formula is C29H40ClN5O8. The van der Waals surface area contributed by atoms with E-state index in [1.165, 1.54) is 4.90 Å². The van der Waals surface area contributed by atoms with Crippen molar-refractivity contribution in [3.8, 4) is 5.75 Å². The van der Waals surface area contributed by atoms with Gasteiger partial charge >= 0.3 is 0 Å². The van der Waals surface area contributed by atoms with Gasteiger partial charge < -0.3 is 41.7 Å². The third-order valence-corrected chi connectivity index (χ3v) is 8.23. The minimum Gasteiger partial charge on any atom is -0.508 e. The summed E-state index contributed by atoms with van der Waals surface area (Å²) in [6, 6.07) is 0.409. The van der Waals surface area contributed by atoms with Crippen LogP contribution in [0.5, 0.6) is 5.75 Å². The fourth-order valence-corrected chi connectivity index (χ4v) is 6.33. The Bertz CT molecular complexity index is 1460. The number of hydrogen-bond acceptors (Lipinski definition) is 11. The average Bonchev–Trinajstić information content (AvgIpc) is 2.85. The van der Waals surface area contributed by atoms with Crippen LogP contribution in [-0.4, -0.2) is 101 Å². The first kappa shape index (κ1) is 33.8. The number of phenolic OH excluding ortho intramolecular Hbond substituents is 1. The van der Waals surface area contributed by atoms with E-state index in [0.29, 0.717) is 11.3 Å². The maximum atomic E-state index is 14.0. The Balaban J connectivity index is 0.00000506. The average molecular weight is 622 g/mol. The number of ketones is 2. The molecule has 13 nitrogen and oxygen atoms in total. The molecule has 0 saturated heterocycles. The number of fused-ring (bicyclic) bond motifs is 3. The lowest BCUT2D eigenvalue weighted by Crippen LogP contribution is -2.65. The van der Waals surface area contributed by atoms with E-state index in [-0.39, 0.29) is 54.2 Å². The number of anilines is 2. The van der Waals surface area contributed by atoms with Gasteiger partial charge in [-0.3, -0.25) is 24.1 Å². The van der Waals surface area contributed by atoms with Crippen molar-refractivity contribution >= 4 is 52.9 Å². The number of nitrogens with zero attached hydrogens (tertiary/aromatic N) is 2. The topological polar surface area (TPSA) is 206 Å².